The van der Waals surface area contributed by atoms with Crippen molar-refractivity contribution in [2.24, 2.45) is 0 Å². The van der Waals surface area contributed by atoms with Gasteiger partial charge in [0.2, 0.25) is 5.75 Å². The van der Waals surface area contributed by atoms with Crippen molar-refractivity contribution in [2.75, 3.05) is 49.9 Å². The van der Waals surface area contributed by atoms with E-state index in [9.17, 15) is 18.0 Å². The molecule has 0 saturated carbocycles. The van der Waals surface area contributed by atoms with Gasteiger partial charge in [0.25, 0.3) is 11.8 Å². The van der Waals surface area contributed by atoms with Gasteiger partial charge < -0.3 is 25.0 Å². The smallest absolute Gasteiger partial charge is 0.416 e. The van der Waals surface area contributed by atoms with Gasteiger partial charge in [-0.05, 0) is 55.8 Å². The Bertz CT molecular complexity index is 1410. The fraction of sp³-hybridized carbons (Fsp3) is 0.414. The van der Waals surface area contributed by atoms with E-state index in [4.69, 9.17) is 9.47 Å². The quantitative estimate of drug-likeness (QED) is 0.402. The fourth-order valence-corrected chi connectivity index (χ4v) is 4.86. The Labute approximate surface area is 236 Å². The van der Waals surface area contributed by atoms with E-state index in [2.05, 4.69) is 32.4 Å². The number of alkyl halides is 3. The van der Waals surface area contributed by atoms with Crippen LogP contribution in [0, 0.1) is 6.92 Å². The molecule has 1 saturated heterocycles. The third-order valence-corrected chi connectivity index (χ3v) is 7.28. The van der Waals surface area contributed by atoms with Crippen molar-refractivity contribution < 1.29 is 27.4 Å². The van der Waals surface area contributed by atoms with E-state index in [1.54, 1.807) is 12.1 Å². The maximum absolute atomic E-state index is 14.0. The Hall–Kier alpha value is -3.90. The van der Waals surface area contributed by atoms with E-state index in [0.29, 0.717) is 37.0 Å². The average molecular weight is 571 g/mol. The number of likely N-dealkylation sites (N-methyl/N-ethyl adjacent to an activating group) is 1. The summed E-state index contributed by atoms with van der Waals surface area (Å²) in [5, 5.41) is 5.76. The minimum atomic E-state index is -4.56. The molecule has 0 bridgehead atoms. The van der Waals surface area contributed by atoms with Gasteiger partial charge in [-0.2, -0.15) is 18.2 Å². The number of fused-ring (bicyclic) bond motifs is 1. The van der Waals surface area contributed by atoms with E-state index in [-0.39, 0.29) is 35.3 Å². The second-order valence-electron chi connectivity index (χ2n) is 10.3. The van der Waals surface area contributed by atoms with Crippen molar-refractivity contribution in [3.8, 4) is 17.4 Å². The Morgan fingerprint density at radius 3 is 2.61 bits per heavy atom. The molecule has 2 aromatic carbocycles. The second-order valence-corrected chi connectivity index (χ2v) is 10.3. The monoisotopic (exact) mass is 570 g/mol. The van der Waals surface area contributed by atoms with Gasteiger partial charge >= 0.3 is 6.18 Å². The molecule has 2 aliphatic heterocycles. The number of rotatable bonds is 7. The highest BCUT2D eigenvalue weighted by Gasteiger charge is 2.34. The molecule has 5 rings (SSSR count). The molecular weight excluding hydrogens is 537 g/mol. The summed E-state index contributed by atoms with van der Waals surface area (Å²) in [6.45, 7) is 10.6. The van der Waals surface area contributed by atoms with Crippen LogP contribution in [-0.4, -0.2) is 71.0 Å². The molecule has 1 aromatic heterocycles. The van der Waals surface area contributed by atoms with Gasteiger partial charge in [-0.25, -0.2) is 4.98 Å². The lowest BCUT2D eigenvalue weighted by Crippen LogP contribution is -2.45. The lowest BCUT2D eigenvalue weighted by atomic mass is 10.0. The second kappa shape index (κ2) is 11.9. The molecule has 3 heterocycles. The molecule has 1 unspecified atom stereocenters. The van der Waals surface area contributed by atoms with Gasteiger partial charge in [0.15, 0.2) is 5.82 Å². The molecule has 1 atom stereocenters. The molecule has 41 heavy (non-hydrogen) atoms. The number of aromatic nitrogens is 2. The molecule has 0 aliphatic carbocycles. The number of hydrogen-bond acceptors (Lipinski definition) is 8. The first-order valence-corrected chi connectivity index (χ1v) is 13.6. The van der Waals surface area contributed by atoms with Gasteiger partial charge in [0.05, 0.1) is 12.1 Å². The molecule has 2 N–H and O–H groups in total. The summed E-state index contributed by atoms with van der Waals surface area (Å²) in [5.74, 6) is 0.855. The highest BCUT2D eigenvalue weighted by Crippen LogP contribution is 2.38. The number of hydrogen-bond donors (Lipinski definition) is 2. The topological polar surface area (TPSA) is 91.9 Å². The summed E-state index contributed by atoms with van der Waals surface area (Å²) >= 11 is 0. The van der Waals surface area contributed by atoms with Crippen LogP contribution in [0.2, 0.25) is 0 Å². The highest BCUT2D eigenvalue weighted by atomic mass is 19.4. The maximum atomic E-state index is 14.0. The lowest BCUT2D eigenvalue weighted by molar-refractivity contribution is -0.138. The van der Waals surface area contributed by atoms with Crippen LogP contribution in [0.4, 0.5) is 24.7 Å². The SMILES string of the molecule is CCN1CCN(Cc2ccc(NC(=O)c3ccc(C)c(Oc4ncnc5c4OC(C)CN5)c3)cc2C(F)(F)F)CC1. The summed E-state index contributed by atoms with van der Waals surface area (Å²) in [4.78, 5) is 25.8. The van der Waals surface area contributed by atoms with E-state index in [1.165, 1.54) is 24.5 Å². The van der Waals surface area contributed by atoms with Gasteiger partial charge in [-0.3, -0.25) is 9.69 Å². The van der Waals surface area contributed by atoms with Crippen LogP contribution < -0.4 is 20.1 Å². The highest BCUT2D eigenvalue weighted by molar-refractivity contribution is 6.04. The zero-order valence-corrected chi connectivity index (χ0v) is 23.2. The van der Waals surface area contributed by atoms with Gasteiger partial charge in [0, 0.05) is 44.0 Å². The molecule has 0 spiro atoms. The zero-order valence-electron chi connectivity index (χ0n) is 23.2. The Morgan fingerprint density at radius 2 is 1.88 bits per heavy atom. The largest absolute Gasteiger partial charge is 0.480 e. The number of aryl methyl sites for hydroxylation is 1. The van der Waals surface area contributed by atoms with Crippen molar-refractivity contribution in [1.82, 2.24) is 19.8 Å². The molecule has 2 aliphatic rings. The van der Waals surface area contributed by atoms with Crippen LogP contribution in [0.25, 0.3) is 0 Å². The number of amides is 1. The number of ether oxygens (including phenoxy) is 2. The molecule has 0 radical (unpaired) electrons. The van der Waals surface area contributed by atoms with Crippen molar-refractivity contribution in [3.63, 3.8) is 0 Å². The van der Waals surface area contributed by atoms with Crippen molar-refractivity contribution in [3.05, 3.63) is 65.0 Å². The summed E-state index contributed by atoms with van der Waals surface area (Å²) in [5.41, 5.74) is 0.438. The predicted octanol–water partition coefficient (Wildman–Crippen LogP) is 5.18. The number of piperazine rings is 1. The third kappa shape index (κ3) is 6.71. The van der Waals surface area contributed by atoms with Crippen molar-refractivity contribution in [2.45, 2.75) is 39.6 Å². The summed E-state index contributed by atoms with van der Waals surface area (Å²) < 4.78 is 53.9. The number of nitrogens with one attached hydrogen (secondary N) is 2. The molecule has 1 amide bonds. The number of anilines is 2. The standard InChI is InChI=1S/C29H33F3N6O3/c1-4-37-9-11-38(12-10-37)16-21-7-8-22(14-23(21)29(30,31)32)36-27(39)20-6-5-18(2)24(13-20)41-28-25-26(34-17-35-28)33-15-19(3)40-25/h5-8,13-14,17,19H,4,9-12,15-16H2,1-3H3,(H,36,39)(H,33,34,35). The van der Waals surface area contributed by atoms with Crippen LogP contribution in [0.5, 0.6) is 17.4 Å². The van der Waals surface area contributed by atoms with Gasteiger partial charge in [0.1, 0.15) is 18.2 Å². The number of benzene rings is 2. The Morgan fingerprint density at radius 1 is 1.12 bits per heavy atom. The van der Waals surface area contributed by atoms with Crippen LogP contribution in [0.15, 0.2) is 42.7 Å². The van der Waals surface area contributed by atoms with Crippen LogP contribution in [0.1, 0.15) is 40.9 Å². The number of nitrogens with zero attached hydrogens (tertiary/aromatic N) is 4. The molecule has 218 valence electrons. The lowest BCUT2D eigenvalue weighted by Gasteiger charge is -2.34. The van der Waals surface area contributed by atoms with Crippen molar-refractivity contribution >= 4 is 17.4 Å². The first kappa shape index (κ1) is 28.6. The first-order chi connectivity index (χ1) is 19.6. The molecule has 1 fully saturated rings. The summed E-state index contributed by atoms with van der Waals surface area (Å²) in [7, 11) is 0. The minimum Gasteiger partial charge on any atom is -0.480 e. The summed E-state index contributed by atoms with van der Waals surface area (Å²) in [6.07, 6.45) is -3.33. The van der Waals surface area contributed by atoms with E-state index in [1.807, 2.05) is 18.7 Å². The van der Waals surface area contributed by atoms with Gasteiger partial charge in [-0.15, -0.1) is 0 Å². The molecular formula is C29H33F3N6O3. The van der Waals surface area contributed by atoms with Crippen LogP contribution in [0.3, 0.4) is 0 Å². The van der Waals surface area contributed by atoms with E-state index in [0.717, 1.165) is 31.3 Å². The third-order valence-electron chi connectivity index (χ3n) is 7.28. The van der Waals surface area contributed by atoms with Crippen LogP contribution in [-0.2, 0) is 12.7 Å². The van der Waals surface area contributed by atoms with E-state index < -0.39 is 17.6 Å². The summed E-state index contributed by atoms with van der Waals surface area (Å²) in [6, 6.07) is 8.76. The Balaban J connectivity index is 1.32. The molecule has 9 nitrogen and oxygen atoms in total. The number of carbonyl (C=O) groups is 1. The number of carbonyl (C=O) groups excluding carboxylic acids is 1. The molecule has 12 heteroatoms. The van der Waals surface area contributed by atoms with Crippen LogP contribution >= 0.6 is 0 Å². The van der Waals surface area contributed by atoms with Gasteiger partial charge in [-0.1, -0.05) is 19.1 Å². The zero-order chi connectivity index (χ0) is 29.1. The normalized spacial score (nSPS) is 17.8. The fourth-order valence-electron chi connectivity index (χ4n) is 4.86. The minimum absolute atomic E-state index is 0.0586. The molecule has 3 aromatic rings. The first-order valence-electron chi connectivity index (χ1n) is 13.6. The Kier molecular flexibility index (Phi) is 8.32. The average Bonchev–Trinajstić information content (AvgIpc) is 2.95. The number of halogens is 3. The van der Waals surface area contributed by atoms with E-state index >= 15 is 0 Å². The predicted molar refractivity (Wildman–Crippen MR) is 149 cm³/mol. The maximum Gasteiger partial charge on any atom is 0.416 e. The van der Waals surface area contributed by atoms with Crippen molar-refractivity contribution in [1.29, 1.82) is 0 Å².